The van der Waals surface area contributed by atoms with Crippen molar-refractivity contribution in [3.8, 4) is 6.07 Å². The van der Waals surface area contributed by atoms with Crippen LogP contribution in [0.1, 0.15) is 24.0 Å². The summed E-state index contributed by atoms with van der Waals surface area (Å²) in [5.74, 6) is -0.358. The lowest BCUT2D eigenvalue weighted by Crippen LogP contribution is -2.32. The molecule has 1 aliphatic rings. The first kappa shape index (κ1) is 19.0. The lowest BCUT2D eigenvalue weighted by molar-refractivity contribution is -0.117. The van der Waals surface area contributed by atoms with Gasteiger partial charge in [-0.25, -0.2) is 0 Å². The van der Waals surface area contributed by atoms with Crippen LogP contribution in [0.5, 0.6) is 0 Å². The second-order valence-corrected chi connectivity index (χ2v) is 7.23. The largest absolute Gasteiger partial charge is 0.376 e. The van der Waals surface area contributed by atoms with Crippen molar-refractivity contribution >= 4 is 22.9 Å². The SMILES string of the molecule is N#C/C(=C/c1cn(Cc2ccccc2)c2ccccc12)C(=O)NC[C@H]1CCCO1. The van der Waals surface area contributed by atoms with Crippen LogP contribution in [-0.4, -0.2) is 29.7 Å². The van der Waals surface area contributed by atoms with Crippen LogP contribution in [-0.2, 0) is 16.1 Å². The van der Waals surface area contributed by atoms with Crippen LogP contribution in [0.3, 0.4) is 0 Å². The Bertz CT molecular complexity index is 1070. The Morgan fingerprint density at radius 2 is 2.00 bits per heavy atom. The van der Waals surface area contributed by atoms with Crippen molar-refractivity contribution < 1.29 is 9.53 Å². The van der Waals surface area contributed by atoms with Gasteiger partial charge in [0.2, 0.25) is 0 Å². The number of nitrogens with one attached hydrogen (secondary N) is 1. The van der Waals surface area contributed by atoms with Gasteiger partial charge in [-0.3, -0.25) is 4.79 Å². The molecule has 1 aromatic heterocycles. The van der Waals surface area contributed by atoms with Gasteiger partial charge in [0.15, 0.2) is 0 Å². The predicted octanol–water partition coefficient (Wildman–Crippen LogP) is 3.89. The van der Waals surface area contributed by atoms with Gasteiger partial charge in [-0.15, -0.1) is 0 Å². The van der Waals surface area contributed by atoms with Crippen molar-refractivity contribution in [2.75, 3.05) is 13.2 Å². The molecule has 1 amide bonds. The number of ether oxygens (including phenoxy) is 1. The summed E-state index contributed by atoms with van der Waals surface area (Å²) in [7, 11) is 0. The second-order valence-electron chi connectivity index (χ2n) is 7.23. The highest BCUT2D eigenvalue weighted by Gasteiger charge is 2.18. The lowest BCUT2D eigenvalue weighted by Gasteiger charge is -2.10. The maximum atomic E-state index is 12.5. The van der Waals surface area contributed by atoms with Crippen molar-refractivity contribution in [2.45, 2.75) is 25.5 Å². The van der Waals surface area contributed by atoms with Crippen LogP contribution in [0, 0.1) is 11.3 Å². The number of carbonyl (C=O) groups excluding carboxylic acids is 1. The van der Waals surface area contributed by atoms with E-state index in [1.807, 2.05) is 48.7 Å². The topological polar surface area (TPSA) is 67.0 Å². The maximum Gasteiger partial charge on any atom is 0.262 e. The van der Waals surface area contributed by atoms with E-state index in [0.717, 1.165) is 42.5 Å². The zero-order chi connectivity index (χ0) is 20.1. The van der Waals surface area contributed by atoms with Gasteiger partial charge >= 0.3 is 0 Å². The average molecular weight is 385 g/mol. The number of nitrogens with zero attached hydrogens (tertiary/aromatic N) is 2. The highest BCUT2D eigenvalue weighted by atomic mass is 16.5. The molecule has 2 heterocycles. The summed E-state index contributed by atoms with van der Waals surface area (Å²) >= 11 is 0. The van der Waals surface area contributed by atoms with E-state index in [4.69, 9.17) is 4.74 Å². The molecular weight excluding hydrogens is 362 g/mol. The summed E-state index contributed by atoms with van der Waals surface area (Å²) in [5.41, 5.74) is 3.23. The Labute approximate surface area is 170 Å². The highest BCUT2D eigenvalue weighted by molar-refractivity contribution is 6.04. The van der Waals surface area contributed by atoms with Crippen LogP contribution < -0.4 is 5.32 Å². The number of amides is 1. The smallest absolute Gasteiger partial charge is 0.262 e. The minimum atomic E-state index is -0.358. The molecule has 146 valence electrons. The third-order valence-electron chi connectivity index (χ3n) is 5.19. The minimum absolute atomic E-state index is 0.0479. The fraction of sp³-hybridized carbons (Fsp3) is 0.250. The fourth-order valence-electron chi connectivity index (χ4n) is 3.71. The molecule has 0 unspecified atom stereocenters. The number of nitriles is 1. The van der Waals surface area contributed by atoms with Crippen LogP contribution in [0.4, 0.5) is 0 Å². The standard InChI is InChI=1S/C24H23N3O2/c25-14-19(24(28)26-15-21-9-6-12-29-21)13-20-17-27(16-18-7-2-1-3-8-18)23-11-5-4-10-22(20)23/h1-5,7-8,10-11,13,17,21H,6,9,12,15-16H2,(H,26,28)/b19-13-/t21-/m1/s1. The van der Waals surface area contributed by atoms with Crippen LogP contribution in [0.25, 0.3) is 17.0 Å². The van der Waals surface area contributed by atoms with E-state index >= 15 is 0 Å². The number of hydrogen-bond acceptors (Lipinski definition) is 3. The van der Waals surface area contributed by atoms with Crippen molar-refractivity contribution in [3.63, 3.8) is 0 Å². The summed E-state index contributed by atoms with van der Waals surface area (Å²) in [6.07, 6.45) is 5.69. The number of benzene rings is 2. The first-order valence-corrected chi connectivity index (χ1v) is 9.88. The van der Waals surface area contributed by atoms with E-state index in [1.54, 1.807) is 6.08 Å². The van der Waals surface area contributed by atoms with E-state index in [0.29, 0.717) is 6.54 Å². The molecule has 2 aromatic carbocycles. The van der Waals surface area contributed by atoms with Gasteiger partial charge in [-0.1, -0.05) is 48.5 Å². The van der Waals surface area contributed by atoms with Gasteiger partial charge in [0.05, 0.1) is 6.10 Å². The molecule has 5 heteroatoms. The molecule has 0 spiro atoms. The summed E-state index contributed by atoms with van der Waals surface area (Å²) in [6.45, 7) is 1.90. The highest BCUT2D eigenvalue weighted by Crippen LogP contribution is 2.24. The minimum Gasteiger partial charge on any atom is -0.376 e. The summed E-state index contributed by atoms with van der Waals surface area (Å²) in [5, 5.41) is 13.4. The second kappa shape index (κ2) is 8.76. The lowest BCUT2D eigenvalue weighted by atomic mass is 10.1. The van der Waals surface area contributed by atoms with Gasteiger partial charge in [0, 0.05) is 42.4 Å². The molecule has 1 saturated heterocycles. The molecule has 1 N–H and O–H groups in total. The van der Waals surface area contributed by atoms with Crippen molar-refractivity contribution in [1.29, 1.82) is 5.26 Å². The Morgan fingerprint density at radius 1 is 1.21 bits per heavy atom. The molecule has 29 heavy (non-hydrogen) atoms. The van der Waals surface area contributed by atoms with Crippen LogP contribution >= 0.6 is 0 Å². The number of hydrogen-bond donors (Lipinski definition) is 1. The molecule has 5 nitrogen and oxygen atoms in total. The first-order chi connectivity index (χ1) is 14.2. The Morgan fingerprint density at radius 3 is 2.76 bits per heavy atom. The molecular formula is C24H23N3O2. The monoisotopic (exact) mass is 385 g/mol. The average Bonchev–Trinajstić information content (AvgIpc) is 3.40. The molecule has 1 atom stereocenters. The van der Waals surface area contributed by atoms with Gasteiger partial charge in [0.25, 0.3) is 5.91 Å². The van der Waals surface area contributed by atoms with Crippen molar-refractivity contribution in [2.24, 2.45) is 0 Å². The zero-order valence-electron chi connectivity index (χ0n) is 16.2. The fourth-order valence-corrected chi connectivity index (χ4v) is 3.71. The Hall–Kier alpha value is -3.36. The Balaban J connectivity index is 1.60. The van der Waals surface area contributed by atoms with Gasteiger partial charge in [-0.2, -0.15) is 5.26 Å². The van der Waals surface area contributed by atoms with Gasteiger partial charge < -0.3 is 14.6 Å². The van der Waals surface area contributed by atoms with Crippen molar-refractivity contribution in [3.05, 3.63) is 77.5 Å². The predicted molar refractivity (Wildman–Crippen MR) is 113 cm³/mol. The molecule has 0 aliphatic carbocycles. The maximum absolute atomic E-state index is 12.5. The van der Waals surface area contributed by atoms with Crippen molar-refractivity contribution in [1.82, 2.24) is 9.88 Å². The van der Waals surface area contributed by atoms with E-state index in [-0.39, 0.29) is 17.6 Å². The third-order valence-corrected chi connectivity index (χ3v) is 5.19. The number of para-hydroxylation sites is 1. The summed E-state index contributed by atoms with van der Waals surface area (Å²) < 4.78 is 7.68. The molecule has 0 saturated carbocycles. The summed E-state index contributed by atoms with van der Waals surface area (Å²) in [4.78, 5) is 12.5. The Kier molecular flexibility index (Phi) is 5.73. The molecule has 0 bridgehead atoms. The van der Waals surface area contributed by atoms with Crippen LogP contribution in [0.15, 0.2) is 66.4 Å². The van der Waals surface area contributed by atoms with Gasteiger partial charge in [-0.05, 0) is 30.5 Å². The number of fused-ring (bicyclic) bond motifs is 1. The molecule has 1 fully saturated rings. The first-order valence-electron chi connectivity index (χ1n) is 9.88. The molecule has 0 radical (unpaired) electrons. The molecule has 3 aromatic rings. The molecule has 4 rings (SSSR count). The number of carbonyl (C=O) groups is 1. The normalized spacial score (nSPS) is 16.7. The third kappa shape index (κ3) is 4.39. The summed E-state index contributed by atoms with van der Waals surface area (Å²) in [6, 6.07) is 20.3. The van der Waals surface area contributed by atoms with Crippen LogP contribution in [0.2, 0.25) is 0 Å². The quantitative estimate of drug-likeness (QED) is 0.517. The van der Waals surface area contributed by atoms with E-state index in [1.165, 1.54) is 5.56 Å². The number of rotatable bonds is 6. The number of aromatic nitrogens is 1. The van der Waals surface area contributed by atoms with E-state index < -0.39 is 0 Å². The zero-order valence-corrected chi connectivity index (χ0v) is 16.2. The van der Waals surface area contributed by atoms with E-state index in [2.05, 4.69) is 28.1 Å². The van der Waals surface area contributed by atoms with Gasteiger partial charge in [0.1, 0.15) is 11.6 Å². The molecule has 1 aliphatic heterocycles. The van der Waals surface area contributed by atoms with E-state index in [9.17, 15) is 10.1 Å².